The summed E-state index contributed by atoms with van der Waals surface area (Å²) >= 11 is 0. The second-order valence-electron chi connectivity index (χ2n) is 4.98. The van der Waals surface area contributed by atoms with Gasteiger partial charge in [-0.2, -0.15) is 0 Å². The number of hydrogen-bond donors (Lipinski definition) is 0. The molecule has 2 rings (SSSR count). The first-order valence-corrected chi connectivity index (χ1v) is 6.10. The smallest absolute Gasteiger partial charge is 0.232 e. The summed E-state index contributed by atoms with van der Waals surface area (Å²) in [6.45, 7) is 3.64. The van der Waals surface area contributed by atoms with Gasteiger partial charge >= 0.3 is 0 Å². The zero-order valence-corrected chi connectivity index (χ0v) is 10.5. The van der Waals surface area contributed by atoms with Crippen molar-refractivity contribution in [3.8, 4) is 0 Å². The fourth-order valence-corrected chi connectivity index (χ4v) is 2.37. The van der Waals surface area contributed by atoms with Crippen molar-refractivity contribution >= 4 is 23.6 Å². The fourth-order valence-electron chi connectivity index (χ4n) is 2.37. The molecule has 2 atom stereocenters. The Labute approximate surface area is 105 Å². The van der Waals surface area contributed by atoms with Gasteiger partial charge in [-0.1, -0.05) is 13.8 Å². The van der Waals surface area contributed by atoms with Gasteiger partial charge in [0, 0.05) is 37.8 Å². The third kappa shape index (κ3) is 2.02. The van der Waals surface area contributed by atoms with Gasteiger partial charge in [-0.05, 0) is 0 Å². The summed E-state index contributed by atoms with van der Waals surface area (Å²) in [4.78, 5) is 48.7. The van der Waals surface area contributed by atoms with Crippen LogP contribution in [-0.2, 0) is 19.2 Å². The van der Waals surface area contributed by atoms with E-state index in [4.69, 9.17) is 0 Å². The van der Waals surface area contributed by atoms with Crippen LogP contribution in [0.1, 0.15) is 26.7 Å². The summed E-state index contributed by atoms with van der Waals surface area (Å²) in [7, 11) is 0. The molecule has 0 saturated carbocycles. The number of amides is 4. The van der Waals surface area contributed by atoms with E-state index in [1.807, 2.05) is 0 Å². The highest BCUT2D eigenvalue weighted by Gasteiger charge is 2.39. The van der Waals surface area contributed by atoms with E-state index < -0.39 is 0 Å². The number of nitrogens with zero attached hydrogens (tertiary/aromatic N) is 2. The molecule has 0 spiro atoms. The van der Waals surface area contributed by atoms with E-state index in [-0.39, 0.29) is 61.4 Å². The minimum absolute atomic E-state index is 0.117. The highest BCUT2D eigenvalue weighted by molar-refractivity contribution is 6.04. The van der Waals surface area contributed by atoms with Crippen molar-refractivity contribution in [2.75, 3.05) is 13.1 Å². The lowest BCUT2D eigenvalue weighted by atomic mass is 10.1. The molecule has 0 aliphatic carbocycles. The molecular formula is C12H16N2O4. The Morgan fingerprint density at radius 3 is 1.39 bits per heavy atom. The topological polar surface area (TPSA) is 74.8 Å². The first-order chi connectivity index (χ1) is 8.41. The zero-order valence-electron chi connectivity index (χ0n) is 10.5. The largest absolute Gasteiger partial charge is 0.281 e. The maximum atomic E-state index is 11.7. The molecule has 2 aliphatic heterocycles. The lowest BCUT2D eigenvalue weighted by Crippen LogP contribution is -2.41. The molecule has 6 nitrogen and oxygen atoms in total. The molecule has 18 heavy (non-hydrogen) atoms. The van der Waals surface area contributed by atoms with Crippen LogP contribution in [0.4, 0.5) is 0 Å². The molecule has 0 radical (unpaired) electrons. The van der Waals surface area contributed by atoms with E-state index >= 15 is 0 Å². The number of carbonyl (C=O) groups is 4. The van der Waals surface area contributed by atoms with Gasteiger partial charge in [0.25, 0.3) is 0 Å². The SMILES string of the molecule is CC1CC(=O)N(CCN2C(=O)CC(C)C2=O)C1=O. The van der Waals surface area contributed by atoms with Crippen molar-refractivity contribution in [3.63, 3.8) is 0 Å². The lowest BCUT2D eigenvalue weighted by Gasteiger charge is -2.19. The third-order valence-electron chi connectivity index (χ3n) is 3.49. The molecule has 0 aromatic heterocycles. The normalized spacial score (nSPS) is 28.8. The van der Waals surface area contributed by atoms with Gasteiger partial charge in [0.2, 0.25) is 23.6 Å². The Morgan fingerprint density at radius 2 is 1.17 bits per heavy atom. The summed E-state index contributed by atoms with van der Waals surface area (Å²) in [5.41, 5.74) is 0. The molecule has 0 aromatic carbocycles. The Bertz CT molecular complexity index is 392. The molecule has 0 bridgehead atoms. The summed E-state index contributed by atoms with van der Waals surface area (Å²) in [6.07, 6.45) is 0.439. The van der Waals surface area contributed by atoms with Crippen molar-refractivity contribution < 1.29 is 19.2 Å². The Hall–Kier alpha value is -1.72. The Kier molecular flexibility index (Phi) is 3.19. The molecule has 0 aromatic rings. The van der Waals surface area contributed by atoms with Crippen molar-refractivity contribution in [1.29, 1.82) is 0 Å². The Balaban J connectivity index is 1.96. The van der Waals surface area contributed by atoms with E-state index in [0.29, 0.717) is 0 Å². The monoisotopic (exact) mass is 252 g/mol. The van der Waals surface area contributed by atoms with Crippen LogP contribution in [0.2, 0.25) is 0 Å². The Morgan fingerprint density at radius 1 is 0.833 bits per heavy atom. The maximum absolute atomic E-state index is 11.7. The van der Waals surface area contributed by atoms with Gasteiger partial charge < -0.3 is 0 Å². The standard InChI is InChI=1S/C12H16N2O4/c1-7-5-9(15)13(11(7)17)3-4-14-10(16)6-8(2)12(14)18/h7-8H,3-6H2,1-2H3. The van der Waals surface area contributed by atoms with Crippen molar-refractivity contribution in [3.05, 3.63) is 0 Å². The van der Waals surface area contributed by atoms with Crippen LogP contribution in [0.5, 0.6) is 0 Å². The van der Waals surface area contributed by atoms with Crippen molar-refractivity contribution in [1.82, 2.24) is 9.80 Å². The van der Waals surface area contributed by atoms with E-state index in [1.165, 1.54) is 0 Å². The summed E-state index contributed by atoms with van der Waals surface area (Å²) in [5.74, 6) is -1.46. The minimum Gasteiger partial charge on any atom is -0.281 e. The summed E-state index contributed by atoms with van der Waals surface area (Å²) < 4.78 is 0. The first-order valence-electron chi connectivity index (χ1n) is 6.10. The van der Waals surface area contributed by atoms with Crippen LogP contribution in [0.25, 0.3) is 0 Å². The van der Waals surface area contributed by atoms with Gasteiger partial charge in [-0.15, -0.1) is 0 Å². The average Bonchev–Trinajstić information content (AvgIpc) is 2.67. The van der Waals surface area contributed by atoms with Crippen LogP contribution >= 0.6 is 0 Å². The van der Waals surface area contributed by atoms with E-state index in [2.05, 4.69) is 0 Å². The molecule has 2 unspecified atom stereocenters. The molecule has 2 heterocycles. The third-order valence-corrected chi connectivity index (χ3v) is 3.49. The van der Waals surface area contributed by atoms with Crippen LogP contribution in [0, 0.1) is 11.8 Å². The molecule has 2 fully saturated rings. The fraction of sp³-hybridized carbons (Fsp3) is 0.667. The second-order valence-corrected chi connectivity index (χ2v) is 4.98. The number of rotatable bonds is 3. The highest BCUT2D eigenvalue weighted by Crippen LogP contribution is 2.21. The van der Waals surface area contributed by atoms with Gasteiger partial charge in [0.15, 0.2) is 0 Å². The first kappa shape index (κ1) is 12.7. The number of likely N-dealkylation sites (tertiary alicyclic amines) is 2. The molecule has 4 amide bonds. The number of hydrogen-bond acceptors (Lipinski definition) is 4. The predicted octanol–water partition coefficient (Wildman–Crippen LogP) is -0.224. The lowest BCUT2D eigenvalue weighted by molar-refractivity contribution is -0.144. The molecular weight excluding hydrogens is 236 g/mol. The molecule has 6 heteroatoms. The summed E-state index contributed by atoms with van der Waals surface area (Å²) in [5, 5.41) is 0. The second kappa shape index (κ2) is 4.51. The van der Waals surface area contributed by atoms with Crippen LogP contribution < -0.4 is 0 Å². The van der Waals surface area contributed by atoms with Gasteiger partial charge in [-0.25, -0.2) is 0 Å². The van der Waals surface area contributed by atoms with E-state index in [0.717, 1.165) is 9.80 Å². The van der Waals surface area contributed by atoms with Crippen LogP contribution in [-0.4, -0.2) is 46.5 Å². The van der Waals surface area contributed by atoms with Gasteiger partial charge in [-0.3, -0.25) is 29.0 Å². The molecule has 2 aliphatic rings. The number of carbonyl (C=O) groups excluding carboxylic acids is 4. The average molecular weight is 252 g/mol. The van der Waals surface area contributed by atoms with Crippen molar-refractivity contribution in [2.24, 2.45) is 11.8 Å². The van der Waals surface area contributed by atoms with Crippen LogP contribution in [0.15, 0.2) is 0 Å². The quantitative estimate of drug-likeness (QED) is 0.651. The maximum Gasteiger partial charge on any atom is 0.232 e. The van der Waals surface area contributed by atoms with Gasteiger partial charge in [0.1, 0.15) is 0 Å². The molecule has 98 valence electrons. The van der Waals surface area contributed by atoms with Crippen molar-refractivity contribution in [2.45, 2.75) is 26.7 Å². The van der Waals surface area contributed by atoms with Gasteiger partial charge in [0.05, 0.1) is 0 Å². The minimum atomic E-state index is -0.290. The molecule has 0 N–H and O–H groups in total. The van der Waals surface area contributed by atoms with E-state index in [9.17, 15) is 19.2 Å². The summed E-state index contributed by atoms with van der Waals surface area (Å²) in [6, 6.07) is 0. The number of imide groups is 2. The zero-order chi connectivity index (χ0) is 13.4. The predicted molar refractivity (Wildman–Crippen MR) is 61.0 cm³/mol. The molecule has 2 saturated heterocycles. The van der Waals surface area contributed by atoms with E-state index in [1.54, 1.807) is 13.8 Å². The van der Waals surface area contributed by atoms with Crippen LogP contribution in [0.3, 0.4) is 0 Å². The highest BCUT2D eigenvalue weighted by atomic mass is 16.2.